The lowest BCUT2D eigenvalue weighted by molar-refractivity contribution is -0.0237. The zero-order valence-electron chi connectivity index (χ0n) is 25.4. The normalized spacial score (nSPS) is 12.5. The molecule has 0 aromatic carbocycles. The molecule has 0 atom stereocenters. The minimum Gasteiger partial charge on any atom is -0.379 e. The lowest BCUT2D eigenvalue weighted by Gasteiger charge is -2.17. The Morgan fingerprint density at radius 3 is 1.15 bits per heavy atom. The standard InChI is InChI=1S/C28H55N3O8/c1-27(2,3)7-9-32-11-13-34-15-17-36-19-21-38-23-24-39-22-20-37-18-16-35-14-12-33-10-8-31-25-26(29-30-31)28(4,5)6/h25H,7-24H2,1-6H3. The zero-order valence-corrected chi connectivity index (χ0v) is 25.4. The van der Waals surface area contributed by atoms with Gasteiger partial charge in [-0.15, -0.1) is 5.10 Å². The Morgan fingerprint density at radius 1 is 0.513 bits per heavy atom. The summed E-state index contributed by atoms with van der Waals surface area (Å²) in [6.07, 6.45) is 3.02. The summed E-state index contributed by atoms with van der Waals surface area (Å²) >= 11 is 0. The topological polar surface area (TPSA) is 105 Å². The van der Waals surface area contributed by atoms with E-state index in [0.29, 0.717) is 111 Å². The highest BCUT2D eigenvalue weighted by Crippen LogP contribution is 2.18. The van der Waals surface area contributed by atoms with E-state index in [1.165, 1.54) is 0 Å². The fraction of sp³-hybridized carbons (Fsp3) is 0.929. The van der Waals surface area contributed by atoms with E-state index in [0.717, 1.165) is 18.7 Å². The Balaban J connectivity index is 1.70. The van der Waals surface area contributed by atoms with Gasteiger partial charge < -0.3 is 37.9 Å². The Hall–Kier alpha value is -1.18. The molecule has 230 valence electrons. The fourth-order valence-corrected chi connectivity index (χ4v) is 2.93. The molecule has 0 radical (unpaired) electrons. The highest BCUT2D eigenvalue weighted by molar-refractivity contribution is 5.06. The smallest absolute Gasteiger partial charge is 0.0880 e. The molecule has 1 aromatic rings. The molecule has 0 aliphatic carbocycles. The molecule has 0 saturated carbocycles. The summed E-state index contributed by atoms with van der Waals surface area (Å²) in [5, 5.41) is 8.32. The van der Waals surface area contributed by atoms with Crippen molar-refractivity contribution in [1.82, 2.24) is 15.0 Å². The van der Waals surface area contributed by atoms with E-state index in [2.05, 4.69) is 51.9 Å². The van der Waals surface area contributed by atoms with Crippen molar-refractivity contribution in [2.45, 2.75) is 59.9 Å². The molecule has 0 spiro atoms. The van der Waals surface area contributed by atoms with Crippen LogP contribution in [0.2, 0.25) is 0 Å². The first-order valence-electron chi connectivity index (χ1n) is 14.2. The van der Waals surface area contributed by atoms with E-state index in [1.807, 2.05) is 10.9 Å². The molecule has 0 fully saturated rings. The molecule has 0 amide bonds. The summed E-state index contributed by atoms with van der Waals surface area (Å²) in [5.41, 5.74) is 1.29. The van der Waals surface area contributed by atoms with Gasteiger partial charge in [0.05, 0.1) is 111 Å². The predicted octanol–water partition coefficient (Wildman–Crippen LogP) is 3.14. The van der Waals surface area contributed by atoms with E-state index in [1.54, 1.807) is 0 Å². The van der Waals surface area contributed by atoms with Crippen LogP contribution in [0.5, 0.6) is 0 Å². The van der Waals surface area contributed by atoms with Gasteiger partial charge in [-0.2, -0.15) is 0 Å². The molecule has 0 N–H and O–H groups in total. The van der Waals surface area contributed by atoms with Gasteiger partial charge in [0.2, 0.25) is 0 Å². The number of rotatable bonds is 26. The van der Waals surface area contributed by atoms with Gasteiger partial charge in [-0.3, -0.25) is 0 Å². The van der Waals surface area contributed by atoms with Crippen molar-refractivity contribution in [1.29, 1.82) is 0 Å². The Morgan fingerprint density at radius 2 is 0.846 bits per heavy atom. The summed E-state index contributed by atoms with van der Waals surface area (Å²) in [6.45, 7) is 22.7. The molecular formula is C28H55N3O8. The van der Waals surface area contributed by atoms with Crippen LogP contribution in [0.3, 0.4) is 0 Å². The lowest BCUT2D eigenvalue weighted by Crippen LogP contribution is -2.15. The van der Waals surface area contributed by atoms with Crippen molar-refractivity contribution >= 4 is 0 Å². The molecule has 11 nitrogen and oxygen atoms in total. The molecular weight excluding hydrogens is 506 g/mol. The molecule has 1 rings (SSSR count). The van der Waals surface area contributed by atoms with E-state index in [-0.39, 0.29) is 5.41 Å². The second-order valence-electron chi connectivity index (χ2n) is 11.3. The van der Waals surface area contributed by atoms with Crippen LogP contribution in [-0.4, -0.2) is 121 Å². The third kappa shape index (κ3) is 23.2. The van der Waals surface area contributed by atoms with Crippen molar-refractivity contribution in [3.05, 3.63) is 11.9 Å². The monoisotopic (exact) mass is 561 g/mol. The summed E-state index contributed by atoms with van der Waals surface area (Å²) in [4.78, 5) is 0. The third-order valence-electron chi connectivity index (χ3n) is 5.37. The number of ether oxygens (including phenoxy) is 8. The van der Waals surface area contributed by atoms with Crippen molar-refractivity contribution in [2.75, 3.05) is 106 Å². The molecule has 11 heteroatoms. The Labute approximate surface area is 236 Å². The highest BCUT2D eigenvalue weighted by atomic mass is 16.6. The van der Waals surface area contributed by atoms with Crippen LogP contribution in [0, 0.1) is 5.41 Å². The quantitative estimate of drug-likeness (QED) is 0.157. The average molecular weight is 562 g/mol. The van der Waals surface area contributed by atoms with Crippen LogP contribution in [0.4, 0.5) is 0 Å². The summed E-state index contributed by atoms with van der Waals surface area (Å²) < 4.78 is 45.9. The van der Waals surface area contributed by atoms with Crippen molar-refractivity contribution in [2.24, 2.45) is 5.41 Å². The SMILES string of the molecule is CC(C)(C)CCOCCOCCOCCOCCOCCOCCOCCOCCn1cc(C(C)(C)C)nn1. The maximum atomic E-state index is 5.58. The lowest BCUT2D eigenvalue weighted by atomic mass is 9.93. The molecule has 0 saturated heterocycles. The molecule has 0 unspecified atom stereocenters. The average Bonchev–Trinajstić information content (AvgIpc) is 3.35. The first kappa shape index (κ1) is 35.8. The van der Waals surface area contributed by atoms with Gasteiger partial charge in [0.25, 0.3) is 0 Å². The predicted molar refractivity (Wildman–Crippen MR) is 149 cm³/mol. The van der Waals surface area contributed by atoms with Crippen LogP contribution < -0.4 is 0 Å². The van der Waals surface area contributed by atoms with E-state index < -0.39 is 0 Å². The molecule has 1 aromatic heterocycles. The molecule has 0 aliphatic rings. The molecule has 1 heterocycles. The Bertz CT molecular complexity index is 677. The Kier molecular flexibility index (Phi) is 20.7. The van der Waals surface area contributed by atoms with Gasteiger partial charge in [-0.1, -0.05) is 46.8 Å². The van der Waals surface area contributed by atoms with Crippen molar-refractivity contribution in [3.8, 4) is 0 Å². The van der Waals surface area contributed by atoms with E-state index in [4.69, 9.17) is 37.9 Å². The van der Waals surface area contributed by atoms with Gasteiger partial charge in [0, 0.05) is 18.2 Å². The van der Waals surface area contributed by atoms with Crippen LogP contribution in [0.25, 0.3) is 0 Å². The van der Waals surface area contributed by atoms with Crippen molar-refractivity contribution in [3.63, 3.8) is 0 Å². The number of hydrogen-bond donors (Lipinski definition) is 0. The fourth-order valence-electron chi connectivity index (χ4n) is 2.93. The zero-order chi connectivity index (χ0) is 28.7. The van der Waals surface area contributed by atoms with Gasteiger partial charge in [0.15, 0.2) is 0 Å². The van der Waals surface area contributed by atoms with Crippen LogP contribution >= 0.6 is 0 Å². The highest BCUT2D eigenvalue weighted by Gasteiger charge is 2.17. The molecule has 0 bridgehead atoms. The minimum absolute atomic E-state index is 0.00409. The summed E-state index contributed by atoms with van der Waals surface area (Å²) in [6, 6.07) is 0. The largest absolute Gasteiger partial charge is 0.379 e. The number of hydrogen-bond acceptors (Lipinski definition) is 10. The minimum atomic E-state index is 0.00409. The first-order chi connectivity index (χ1) is 18.7. The second-order valence-corrected chi connectivity index (χ2v) is 11.3. The summed E-state index contributed by atoms with van der Waals surface area (Å²) in [5.74, 6) is 0. The van der Waals surface area contributed by atoms with Gasteiger partial charge >= 0.3 is 0 Å². The van der Waals surface area contributed by atoms with E-state index in [9.17, 15) is 0 Å². The van der Waals surface area contributed by atoms with Crippen LogP contribution in [0.1, 0.15) is 53.7 Å². The number of nitrogens with zero attached hydrogens (tertiary/aromatic N) is 3. The first-order valence-corrected chi connectivity index (χ1v) is 14.2. The van der Waals surface area contributed by atoms with Gasteiger partial charge in [-0.25, -0.2) is 4.68 Å². The summed E-state index contributed by atoms with van der Waals surface area (Å²) in [7, 11) is 0. The maximum Gasteiger partial charge on any atom is 0.0880 e. The molecule has 39 heavy (non-hydrogen) atoms. The van der Waals surface area contributed by atoms with Crippen molar-refractivity contribution < 1.29 is 37.9 Å². The van der Waals surface area contributed by atoms with E-state index >= 15 is 0 Å². The van der Waals surface area contributed by atoms with Gasteiger partial charge in [0.1, 0.15) is 0 Å². The maximum absolute atomic E-state index is 5.58. The second kappa shape index (κ2) is 22.5. The van der Waals surface area contributed by atoms with Crippen LogP contribution in [-0.2, 0) is 49.9 Å². The molecule has 0 aliphatic heterocycles. The van der Waals surface area contributed by atoms with Gasteiger partial charge in [-0.05, 0) is 11.8 Å². The number of aromatic nitrogens is 3. The third-order valence-corrected chi connectivity index (χ3v) is 5.37. The van der Waals surface area contributed by atoms with Crippen LogP contribution in [0.15, 0.2) is 6.20 Å².